The molecule has 6 rings (SSSR count). The molecule has 24 nitrogen and oxygen atoms in total. The first kappa shape index (κ1) is 47.7. The second-order valence-electron chi connectivity index (χ2n) is 12.7. The van der Waals surface area contributed by atoms with E-state index in [2.05, 4.69) is 45.0 Å². The van der Waals surface area contributed by atoms with Crippen molar-refractivity contribution in [2.45, 2.75) is 23.6 Å². The molecule has 6 N–H and O–H groups in total. The van der Waals surface area contributed by atoms with Gasteiger partial charge in [0.25, 0.3) is 30.4 Å². The summed E-state index contributed by atoms with van der Waals surface area (Å²) < 4.78 is 104. The Hall–Kier alpha value is -6.34. The molecule has 0 spiro atoms. The number of rotatable bonds is 15. The summed E-state index contributed by atoms with van der Waals surface area (Å²) in [5, 5.41) is 57.7. The third-order valence-electron chi connectivity index (χ3n) is 8.05. The van der Waals surface area contributed by atoms with E-state index in [0.29, 0.717) is 33.4 Å². The molecule has 0 bridgehead atoms. The van der Waals surface area contributed by atoms with Crippen molar-refractivity contribution in [1.82, 2.24) is 9.38 Å². The van der Waals surface area contributed by atoms with Crippen LogP contribution in [0.15, 0.2) is 119 Å². The van der Waals surface area contributed by atoms with Gasteiger partial charge in [-0.1, -0.05) is 17.2 Å². The van der Waals surface area contributed by atoms with E-state index in [1.807, 2.05) is 0 Å². The molecule has 6 aromatic rings. The van der Waals surface area contributed by atoms with Gasteiger partial charge in [0.05, 0.1) is 46.4 Å². The molecule has 28 heteroatoms. The molecule has 2 aromatic heterocycles. The summed E-state index contributed by atoms with van der Waals surface area (Å²) in [6.45, 7) is 2.41. The Kier molecular flexibility index (Phi) is 15.0. The number of para-hydroxylation sites is 2. The van der Waals surface area contributed by atoms with Crippen LogP contribution in [0.1, 0.15) is 21.5 Å². The largest absolute Gasteiger partial charge is 0.493 e. The second kappa shape index (κ2) is 19.8. The molecule has 0 saturated carbocycles. The molecule has 63 heavy (non-hydrogen) atoms. The summed E-state index contributed by atoms with van der Waals surface area (Å²) in [6, 6.07) is 19.2. The highest BCUT2D eigenvalue weighted by Gasteiger charge is 2.25. The van der Waals surface area contributed by atoms with Gasteiger partial charge in [0.1, 0.15) is 45.6 Å². The minimum Gasteiger partial charge on any atom is -0.493 e. The predicted octanol–water partition coefficient (Wildman–Crippen LogP) is 8.20. The molecule has 2 heterocycles. The Bertz CT molecular complexity index is 3130. The summed E-state index contributed by atoms with van der Waals surface area (Å²) in [7, 11) is -13.0. The standard InChI is InChI=1S/C34H28N8O13S3.CH4O3S/c1-18-15-26(40-41-31-19(2)30(34(44)45)32-35-23-5-3-4-6-27(23)42(32)33(31)43)28(53-13-14-57(47,48)49)17-25(18)39-38-24-12-9-21(16-29(24)58(50,51)52)37-36-20-7-10-22(11-8-20)56-55-54-46;1-5(2,3)4/h3-12,15-17,43,46H,13-14H2,1-2H3,(H,44,45)(H,47,48,49)(H,50,51,52);1H3,(H,2,3,4). The Balaban J connectivity index is 0.00000141. The average Bonchev–Trinajstić information content (AvgIpc) is 3.57. The van der Waals surface area contributed by atoms with Gasteiger partial charge >= 0.3 is 5.97 Å². The van der Waals surface area contributed by atoms with Crippen molar-refractivity contribution in [3.63, 3.8) is 0 Å². The zero-order valence-corrected chi connectivity index (χ0v) is 35.7. The zero-order valence-electron chi connectivity index (χ0n) is 32.4. The van der Waals surface area contributed by atoms with Gasteiger partial charge in [-0.3, -0.25) is 18.1 Å². The number of nitrogens with zero attached hydrogens (tertiary/aromatic N) is 8. The van der Waals surface area contributed by atoms with Gasteiger partial charge < -0.3 is 14.9 Å². The number of aromatic nitrogens is 2. The maximum atomic E-state index is 12.4. The van der Waals surface area contributed by atoms with Gasteiger partial charge in [0.15, 0.2) is 5.65 Å². The first-order valence-electron chi connectivity index (χ1n) is 17.2. The van der Waals surface area contributed by atoms with Crippen LogP contribution in [0.3, 0.4) is 0 Å². The van der Waals surface area contributed by atoms with Crippen molar-refractivity contribution in [3.05, 3.63) is 95.6 Å². The minimum atomic E-state index is -4.88. The minimum absolute atomic E-state index is 0.0253. The molecule has 0 saturated heterocycles. The summed E-state index contributed by atoms with van der Waals surface area (Å²) in [4.78, 5) is 16.6. The molecule has 0 unspecified atom stereocenters. The number of hydrogen-bond acceptors (Lipinski definition) is 20. The van der Waals surface area contributed by atoms with Crippen molar-refractivity contribution < 1.29 is 73.3 Å². The van der Waals surface area contributed by atoms with E-state index in [0.717, 1.165) is 18.1 Å². The number of aromatic carboxylic acids is 1. The van der Waals surface area contributed by atoms with Crippen LogP contribution in [-0.4, -0.2) is 88.4 Å². The van der Waals surface area contributed by atoms with Crippen LogP contribution in [0.25, 0.3) is 16.7 Å². The number of fused-ring (bicyclic) bond motifs is 3. The fourth-order valence-corrected chi connectivity index (χ4v) is 6.66. The number of imidazole rings is 1. The van der Waals surface area contributed by atoms with E-state index in [1.165, 1.54) is 35.6 Å². The summed E-state index contributed by atoms with van der Waals surface area (Å²) in [5.74, 6) is -2.78. The Morgan fingerprint density at radius 1 is 0.794 bits per heavy atom. The maximum absolute atomic E-state index is 12.4. The van der Waals surface area contributed by atoms with Crippen LogP contribution in [0.2, 0.25) is 0 Å². The van der Waals surface area contributed by atoms with Gasteiger partial charge in [-0.05, 0) is 80.1 Å². The molecular formula is C35H32N8O16S4. The van der Waals surface area contributed by atoms with E-state index < -0.39 is 59.5 Å². The van der Waals surface area contributed by atoms with Crippen LogP contribution < -0.4 is 4.74 Å². The molecule has 0 atom stereocenters. The summed E-state index contributed by atoms with van der Waals surface area (Å²) >= 11 is 0.731. The van der Waals surface area contributed by atoms with Crippen molar-refractivity contribution in [2.75, 3.05) is 18.6 Å². The number of carbonyl (C=O) groups is 1. The highest BCUT2D eigenvalue weighted by atomic mass is 32.2. The molecule has 332 valence electrons. The SMILES string of the molecule is CS(=O)(=O)O.Cc1cc(N=Nc2c(C)c(C(=O)O)c3nc4ccccc4n3c2O)c(OCCS(=O)(=O)O)cc1N=Nc1ccc(N=Nc2ccc(SOOO)cc2)cc1S(=O)(=O)O. The lowest BCUT2D eigenvalue weighted by Gasteiger charge is -2.12. The Morgan fingerprint density at radius 3 is 2.05 bits per heavy atom. The number of azo groups is 3. The third-order valence-corrected chi connectivity index (χ3v) is 10.2. The zero-order chi connectivity index (χ0) is 46.3. The fraction of sp³-hybridized carbons (Fsp3) is 0.143. The van der Waals surface area contributed by atoms with Crippen LogP contribution in [0.4, 0.5) is 34.1 Å². The van der Waals surface area contributed by atoms with Crippen LogP contribution >= 0.6 is 12.0 Å². The highest BCUT2D eigenvalue weighted by molar-refractivity contribution is 7.94. The quantitative estimate of drug-likeness (QED) is 0.0186. The number of ether oxygens (including phenoxy) is 1. The smallest absolute Gasteiger partial charge is 0.339 e. The van der Waals surface area contributed by atoms with Gasteiger partial charge in [0.2, 0.25) is 5.88 Å². The van der Waals surface area contributed by atoms with Crippen molar-refractivity contribution >= 4 is 99.2 Å². The number of hydrogen-bond donors (Lipinski definition) is 6. The summed E-state index contributed by atoms with van der Waals surface area (Å²) in [5.41, 5.74) is 0.798. The van der Waals surface area contributed by atoms with Gasteiger partial charge in [0, 0.05) is 16.5 Å². The van der Waals surface area contributed by atoms with E-state index in [4.69, 9.17) is 14.5 Å². The lowest BCUT2D eigenvalue weighted by Crippen LogP contribution is -2.12. The van der Waals surface area contributed by atoms with Gasteiger partial charge in [-0.25, -0.2) is 15.0 Å². The van der Waals surface area contributed by atoms with Crippen molar-refractivity contribution in [3.8, 4) is 11.6 Å². The Morgan fingerprint density at radius 2 is 1.41 bits per heavy atom. The molecule has 0 aliphatic carbocycles. The molecule has 0 fully saturated rings. The first-order valence-corrected chi connectivity index (χ1v) is 22.8. The molecular weight excluding hydrogens is 917 g/mol. The number of benzene rings is 4. The lowest BCUT2D eigenvalue weighted by molar-refractivity contribution is -0.432. The molecule has 0 amide bonds. The Labute approximate surface area is 360 Å². The molecule has 0 aliphatic rings. The number of pyridine rings is 1. The molecule has 0 radical (unpaired) electrons. The van der Waals surface area contributed by atoms with E-state index in [1.54, 1.807) is 55.5 Å². The monoisotopic (exact) mass is 948 g/mol. The molecule has 0 aliphatic heterocycles. The van der Waals surface area contributed by atoms with Crippen molar-refractivity contribution in [1.29, 1.82) is 0 Å². The third kappa shape index (κ3) is 12.9. The van der Waals surface area contributed by atoms with E-state index in [-0.39, 0.29) is 51.0 Å². The second-order valence-corrected chi connectivity index (χ2v) is 17.9. The number of aryl methyl sites for hydroxylation is 1. The lowest BCUT2D eigenvalue weighted by atomic mass is 10.1. The van der Waals surface area contributed by atoms with Crippen molar-refractivity contribution in [2.24, 2.45) is 30.7 Å². The van der Waals surface area contributed by atoms with E-state index >= 15 is 0 Å². The van der Waals surface area contributed by atoms with Crippen LogP contribution in [0, 0.1) is 13.8 Å². The maximum Gasteiger partial charge on any atom is 0.339 e. The fourth-order valence-electron chi connectivity index (χ4n) is 5.37. The first-order chi connectivity index (χ1) is 29.5. The molecule has 4 aromatic carbocycles. The number of aromatic hydroxyl groups is 1. The predicted molar refractivity (Wildman–Crippen MR) is 223 cm³/mol. The average molecular weight is 949 g/mol. The topological polar surface area (TPSA) is 360 Å². The van der Waals surface area contributed by atoms with Gasteiger partial charge in [-0.2, -0.15) is 40.6 Å². The van der Waals surface area contributed by atoms with Crippen LogP contribution in [-0.2, 0) is 39.7 Å². The number of carboxylic acid groups (broad SMARTS) is 1. The van der Waals surface area contributed by atoms with Crippen LogP contribution in [0.5, 0.6) is 11.6 Å². The van der Waals surface area contributed by atoms with Gasteiger partial charge in [-0.15, -0.1) is 19.7 Å². The highest BCUT2D eigenvalue weighted by Crippen LogP contribution is 2.41. The van der Waals surface area contributed by atoms with E-state index in [9.17, 15) is 49.4 Å². The number of carboxylic acids is 1. The summed E-state index contributed by atoms with van der Waals surface area (Å²) in [6.07, 6.45) is 0.715. The normalized spacial score (nSPS) is 12.4.